The Labute approximate surface area is 67.5 Å². The molecular weight excluding hydrogens is 158 g/mol. The second kappa shape index (κ2) is 9.23. The summed E-state index contributed by atoms with van der Waals surface area (Å²) in [6, 6.07) is 0. The molecule has 0 aromatic rings. The van der Waals surface area contributed by atoms with Crippen LogP contribution in [0.5, 0.6) is 0 Å². The molecule has 0 amide bonds. The molecule has 0 aliphatic carbocycles. The first-order chi connectivity index (χ1) is 1.73. The van der Waals surface area contributed by atoms with Gasteiger partial charge in [0.2, 0.25) is 0 Å². The molecule has 30 valence electrons. The zero-order valence-corrected chi connectivity index (χ0v) is 5.76. The van der Waals surface area contributed by atoms with E-state index in [1.54, 1.807) is 0 Å². The average molecular weight is 161 g/mol. The van der Waals surface area contributed by atoms with Crippen LogP contribution in [0.3, 0.4) is 0 Å². The first-order valence-corrected chi connectivity index (χ1v) is 0.651. The molecule has 3 nitrogen and oxygen atoms in total. The van der Waals surface area contributed by atoms with Crippen molar-refractivity contribution in [2.75, 3.05) is 0 Å². The molecule has 2 N–H and O–H groups in total. The predicted molar refractivity (Wildman–Crippen MR) is 11.8 cm³/mol. The standard InChI is InChI=1S/CH2O3.Li.Zr.H/c2-1(3)4;;;/h(H2,2,3,4);;;/q;+1;;-1. The third-order valence-corrected chi connectivity index (χ3v) is 0. The van der Waals surface area contributed by atoms with Crippen molar-refractivity contribution in [3.05, 3.63) is 0 Å². The Morgan fingerprint density at radius 2 is 1.50 bits per heavy atom. The first kappa shape index (κ1) is 15.9. The minimum atomic E-state index is -1.83. The van der Waals surface area contributed by atoms with Gasteiger partial charge in [0.15, 0.2) is 0 Å². The molecule has 0 rings (SSSR count). The summed E-state index contributed by atoms with van der Waals surface area (Å²) in [6.07, 6.45) is -1.83. The number of carbonyl (C=O) groups is 1. The smallest absolute Gasteiger partial charge is 1.00 e. The second-order valence-electron chi connectivity index (χ2n) is 0.283. The van der Waals surface area contributed by atoms with Gasteiger partial charge in [-0.3, -0.25) is 0 Å². The van der Waals surface area contributed by atoms with Crippen molar-refractivity contribution >= 4 is 6.16 Å². The van der Waals surface area contributed by atoms with E-state index in [9.17, 15) is 0 Å². The van der Waals surface area contributed by atoms with Crippen molar-refractivity contribution in [3.8, 4) is 0 Å². The Hall–Kier alpha value is 0.751. The van der Waals surface area contributed by atoms with Crippen LogP contribution in [0.15, 0.2) is 0 Å². The molecule has 0 radical (unpaired) electrons. The Bertz CT molecular complexity index is 37.9. The quantitative estimate of drug-likeness (QED) is 0.381. The van der Waals surface area contributed by atoms with Gasteiger partial charge in [-0.15, -0.1) is 0 Å². The fourth-order valence-electron chi connectivity index (χ4n) is 0. The van der Waals surface area contributed by atoms with E-state index < -0.39 is 6.16 Å². The Morgan fingerprint density at radius 3 is 1.50 bits per heavy atom. The molecule has 0 saturated heterocycles. The fraction of sp³-hybridized carbons (Fsp3) is 0. The summed E-state index contributed by atoms with van der Waals surface area (Å²) in [4.78, 5) is 8.56. The van der Waals surface area contributed by atoms with Gasteiger partial charge in [0.25, 0.3) is 0 Å². The van der Waals surface area contributed by atoms with Gasteiger partial charge in [-0.2, -0.15) is 0 Å². The molecule has 0 aliphatic rings. The van der Waals surface area contributed by atoms with Crippen LogP contribution < -0.4 is 18.9 Å². The van der Waals surface area contributed by atoms with Gasteiger partial charge in [-0.1, -0.05) is 0 Å². The zero-order valence-electron chi connectivity index (χ0n) is 4.30. The third-order valence-electron chi connectivity index (χ3n) is 0. The van der Waals surface area contributed by atoms with Crippen LogP contribution in [0.1, 0.15) is 1.43 Å². The summed E-state index contributed by atoms with van der Waals surface area (Å²) >= 11 is 0. The van der Waals surface area contributed by atoms with Gasteiger partial charge >= 0.3 is 25.0 Å². The minimum absolute atomic E-state index is 0. The van der Waals surface area contributed by atoms with E-state index in [1.165, 1.54) is 0 Å². The summed E-state index contributed by atoms with van der Waals surface area (Å²) in [5, 5.41) is 13.9. The van der Waals surface area contributed by atoms with Gasteiger partial charge in [0.1, 0.15) is 0 Å². The van der Waals surface area contributed by atoms with E-state index in [0.717, 1.165) is 0 Å². The van der Waals surface area contributed by atoms with Crippen LogP contribution in [-0.4, -0.2) is 16.4 Å². The van der Waals surface area contributed by atoms with Crippen LogP contribution in [0.25, 0.3) is 0 Å². The second-order valence-corrected chi connectivity index (χ2v) is 0.283. The Kier molecular flexibility index (Phi) is 24.4. The van der Waals surface area contributed by atoms with Crippen molar-refractivity contribution in [1.82, 2.24) is 0 Å². The molecule has 0 aromatic carbocycles. The molecule has 0 aliphatic heterocycles. The van der Waals surface area contributed by atoms with Gasteiger partial charge in [-0.25, -0.2) is 4.79 Å². The summed E-state index contributed by atoms with van der Waals surface area (Å²) in [7, 11) is 0. The SMILES string of the molecule is O=C(O)O.[H-].[Li+].[Zr]. The average Bonchev–Trinajstić information content (AvgIpc) is 0.811. The van der Waals surface area contributed by atoms with E-state index in [1.807, 2.05) is 0 Å². The molecule has 0 heterocycles. The van der Waals surface area contributed by atoms with Crippen molar-refractivity contribution in [2.24, 2.45) is 0 Å². The van der Waals surface area contributed by atoms with E-state index >= 15 is 0 Å². The number of hydrogen-bond donors (Lipinski definition) is 2. The fourth-order valence-corrected chi connectivity index (χ4v) is 0. The van der Waals surface area contributed by atoms with Crippen molar-refractivity contribution in [1.29, 1.82) is 0 Å². The van der Waals surface area contributed by atoms with Gasteiger partial charge in [0.05, 0.1) is 0 Å². The Morgan fingerprint density at radius 1 is 1.50 bits per heavy atom. The maximum absolute atomic E-state index is 8.56. The van der Waals surface area contributed by atoms with E-state index in [-0.39, 0.29) is 46.5 Å². The summed E-state index contributed by atoms with van der Waals surface area (Å²) in [5.74, 6) is 0. The van der Waals surface area contributed by atoms with Gasteiger partial charge < -0.3 is 11.6 Å². The van der Waals surface area contributed by atoms with E-state index in [4.69, 9.17) is 15.0 Å². The molecular formula is CH3LiO3Zr. The van der Waals surface area contributed by atoms with Crippen LogP contribution >= 0.6 is 0 Å². The molecule has 0 spiro atoms. The summed E-state index contributed by atoms with van der Waals surface area (Å²) in [5.41, 5.74) is 0. The minimum Gasteiger partial charge on any atom is -1.00 e. The van der Waals surface area contributed by atoms with E-state index in [0.29, 0.717) is 0 Å². The topological polar surface area (TPSA) is 57.5 Å². The molecule has 0 aromatic heterocycles. The molecule has 5 heteroatoms. The molecule has 0 atom stereocenters. The first-order valence-electron chi connectivity index (χ1n) is 0.651. The zero-order chi connectivity index (χ0) is 3.58. The van der Waals surface area contributed by atoms with Crippen LogP contribution in [-0.2, 0) is 26.2 Å². The van der Waals surface area contributed by atoms with Crippen LogP contribution in [0.4, 0.5) is 4.79 Å². The molecule has 0 saturated carbocycles. The summed E-state index contributed by atoms with van der Waals surface area (Å²) in [6.45, 7) is 0. The maximum atomic E-state index is 8.56. The predicted octanol–water partition coefficient (Wildman–Crippen LogP) is -2.66. The molecule has 6 heavy (non-hydrogen) atoms. The van der Waals surface area contributed by atoms with Crippen LogP contribution in [0.2, 0.25) is 0 Å². The third kappa shape index (κ3) is 119. The molecule has 0 bridgehead atoms. The maximum Gasteiger partial charge on any atom is 1.00 e. The van der Waals surface area contributed by atoms with Gasteiger partial charge in [0, 0.05) is 26.2 Å². The molecule has 0 unspecified atom stereocenters. The largest absolute Gasteiger partial charge is 1.00 e. The van der Waals surface area contributed by atoms with Gasteiger partial charge in [-0.05, 0) is 0 Å². The number of carboxylic acid groups (broad SMARTS) is 2. The van der Waals surface area contributed by atoms with Crippen molar-refractivity contribution in [2.45, 2.75) is 0 Å². The summed E-state index contributed by atoms with van der Waals surface area (Å²) < 4.78 is 0. The monoisotopic (exact) mass is 160 g/mol. The van der Waals surface area contributed by atoms with Crippen molar-refractivity contribution in [3.63, 3.8) is 0 Å². The molecule has 0 fully saturated rings. The van der Waals surface area contributed by atoms with Crippen molar-refractivity contribution < 1.29 is 61.5 Å². The van der Waals surface area contributed by atoms with Crippen LogP contribution in [0, 0.1) is 0 Å². The van der Waals surface area contributed by atoms with E-state index in [2.05, 4.69) is 0 Å². The normalized spacial score (nSPS) is 4.00. The number of rotatable bonds is 0. The number of hydrogen-bond acceptors (Lipinski definition) is 1. The Balaban J connectivity index is -0.0000000150.